The fourth-order valence-corrected chi connectivity index (χ4v) is 3.89. The summed E-state index contributed by atoms with van der Waals surface area (Å²) in [5.74, 6) is 0.644. The van der Waals surface area contributed by atoms with Crippen LogP contribution in [0.1, 0.15) is 11.1 Å². The van der Waals surface area contributed by atoms with Gasteiger partial charge in [-0.1, -0.05) is 65.8 Å². The van der Waals surface area contributed by atoms with Gasteiger partial charge in [-0.3, -0.25) is 19.8 Å². The molecular weight excluding hydrogens is 384 g/mol. The van der Waals surface area contributed by atoms with E-state index in [1.54, 1.807) is 4.57 Å². The maximum Gasteiger partial charge on any atom is 0.290 e. The van der Waals surface area contributed by atoms with Gasteiger partial charge in [-0.15, -0.1) is 0 Å². The van der Waals surface area contributed by atoms with Gasteiger partial charge in [0, 0.05) is 10.8 Å². The first-order valence-corrected chi connectivity index (χ1v) is 9.60. The van der Waals surface area contributed by atoms with Crippen LogP contribution in [0.25, 0.3) is 11.0 Å². The van der Waals surface area contributed by atoms with Gasteiger partial charge in [-0.25, -0.2) is 4.98 Å². The highest BCUT2D eigenvalue weighted by molar-refractivity contribution is 7.98. The van der Waals surface area contributed by atoms with E-state index in [-0.39, 0.29) is 16.6 Å². The lowest BCUT2D eigenvalue weighted by molar-refractivity contribution is 0.727. The van der Waals surface area contributed by atoms with E-state index in [0.717, 1.165) is 11.1 Å². The predicted octanol–water partition coefficient (Wildman–Crippen LogP) is 3.41. The largest absolute Gasteiger partial charge is 0.310 e. The van der Waals surface area contributed by atoms with Gasteiger partial charge in [-0.2, -0.15) is 0 Å². The molecule has 0 atom stereocenters. The average molecular weight is 399 g/mol. The smallest absolute Gasteiger partial charge is 0.290 e. The molecule has 27 heavy (non-hydrogen) atoms. The number of thioether (sulfide) groups is 1. The third kappa shape index (κ3) is 3.70. The number of hydrogen-bond acceptors (Lipinski definition) is 4. The lowest BCUT2D eigenvalue weighted by atomic mass is 10.2. The Morgan fingerprint density at radius 1 is 0.926 bits per heavy atom. The van der Waals surface area contributed by atoms with E-state index in [9.17, 15) is 9.59 Å². The van der Waals surface area contributed by atoms with Crippen LogP contribution in [0.5, 0.6) is 0 Å². The number of fused-ring (bicyclic) bond motifs is 1. The maximum absolute atomic E-state index is 12.4. The number of nitrogens with one attached hydrogen (secondary N) is 2. The minimum atomic E-state index is -0.412. The van der Waals surface area contributed by atoms with Crippen molar-refractivity contribution in [1.82, 2.24) is 19.7 Å². The maximum atomic E-state index is 12.4. The molecule has 4 rings (SSSR count). The third-order valence-electron chi connectivity index (χ3n) is 4.12. The number of rotatable bonds is 5. The van der Waals surface area contributed by atoms with Gasteiger partial charge in [0.2, 0.25) is 0 Å². The van der Waals surface area contributed by atoms with Crippen molar-refractivity contribution in [2.75, 3.05) is 0 Å². The molecule has 2 N–H and O–H groups in total. The van der Waals surface area contributed by atoms with Crippen LogP contribution in [-0.2, 0) is 12.3 Å². The summed E-state index contributed by atoms with van der Waals surface area (Å²) in [6.45, 7) is 0.451. The fraction of sp³-hybridized carbons (Fsp3) is 0.105. The topological polar surface area (TPSA) is 83.5 Å². The van der Waals surface area contributed by atoms with Crippen molar-refractivity contribution in [3.05, 3.63) is 91.5 Å². The number of hydrogen-bond donors (Lipinski definition) is 2. The highest BCUT2D eigenvalue weighted by Crippen LogP contribution is 2.26. The van der Waals surface area contributed by atoms with Gasteiger partial charge in [0.15, 0.2) is 10.7 Å². The molecule has 0 saturated heterocycles. The Bertz CT molecular complexity index is 1200. The van der Waals surface area contributed by atoms with Crippen molar-refractivity contribution in [3.8, 4) is 0 Å². The summed E-state index contributed by atoms with van der Waals surface area (Å²) in [5, 5.41) is 6.01. The van der Waals surface area contributed by atoms with Gasteiger partial charge < -0.3 is 4.57 Å². The Labute approximate surface area is 163 Å². The lowest BCUT2D eigenvalue weighted by Crippen LogP contribution is -2.20. The lowest BCUT2D eigenvalue weighted by Gasteiger charge is -2.09. The molecule has 0 bridgehead atoms. The van der Waals surface area contributed by atoms with Crippen molar-refractivity contribution in [2.24, 2.45) is 0 Å². The Morgan fingerprint density at radius 3 is 2.37 bits per heavy atom. The first-order chi connectivity index (χ1) is 13.1. The summed E-state index contributed by atoms with van der Waals surface area (Å²) < 4.78 is 1.79. The summed E-state index contributed by atoms with van der Waals surface area (Å²) in [4.78, 5) is 28.9. The Balaban J connectivity index is 1.76. The van der Waals surface area contributed by atoms with E-state index >= 15 is 0 Å². The molecule has 6 nitrogen and oxygen atoms in total. The van der Waals surface area contributed by atoms with E-state index in [0.29, 0.717) is 22.5 Å². The molecule has 0 spiro atoms. The zero-order valence-corrected chi connectivity index (χ0v) is 15.7. The molecule has 0 aliphatic rings. The van der Waals surface area contributed by atoms with E-state index in [1.807, 2.05) is 54.6 Å². The number of nitrogens with zero attached hydrogens (tertiary/aromatic N) is 2. The van der Waals surface area contributed by atoms with Crippen LogP contribution in [0.2, 0.25) is 5.02 Å². The van der Waals surface area contributed by atoms with Crippen LogP contribution in [0, 0.1) is 0 Å². The van der Waals surface area contributed by atoms with Gasteiger partial charge in [0.1, 0.15) is 5.52 Å². The molecule has 0 aliphatic heterocycles. The summed E-state index contributed by atoms with van der Waals surface area (Å²) in [7, 11) is 0. The second-order valence-corrected chi connectivity index (χ2v) is 7.37. The highest BCUT2D eigenvalue weighted by Gasteiger charge is 2.17. The number of benzene rings is 2. The van der Waals surface area contributed by atoms with E-state index in [4.69, 9.17) is 11.6 Å². The monoisotopic (exact) mass is 398 g/mol. The molecule has 2 aromatic carbocycles. The molecule has 8 heteroatoms. The number of H-pyrrole nitrogens is 2. The Morgan fingerprint density at radius 2 is 1.63 bits per heavy atom. The van der Waals surface area contributed by atoms with Crippen LogP contribution in [0.15, 0.2) is 69.3 Å². The molecule has 2 aromatic heterocycles. The number of imidazole rings is 1. The molecule has 0 amide bonds. The quantitative estimate of drug-likeness (QED) is 0.504. The number of aromatic amines is 2. The molecule has 0 unspecified atom stereocenters. The fourth-order valence-electron chi connectivity index (χ4n) is 2.80. The standard InChI is InChI=1S/C19H15ClN4O2S/c20-14-8-6-13(7-9-14)11-27-19-21-15-16(18(26)23-22-17(15)25)24(19)10-12-4-2-1-3-5-12/h1-9H,10-11H2,(H,22,25)(H,23,26). The SMILES string of the molecule is O=c1[nH][nH]c(=O)c2c1nc(SCc1ccc(Cl)cc1)n2Cc1ccccc1. The first-order valence-electron chi connectivity index (χ1n) is 8.24. The summed E-state index contributed by atoms with van der Waals surface area (Å²) >= 11 is 7.40. The molecule has 0 saturated carbocycles. The zero-order valence-electron chi connectivity index (χ0n) is 14.1. The first kappa shape index (κ1) is 17.6. The van der Waals surface area contributed by atoms with Crippen molar-refractivity contribution < 1.29 is 0 Å². The minimum absolute atomic E-state index is 0.147. The summed E-state index contributed by atoms with van der Waals surface area (Å²) in [5.41, 5.74) is 1.74. The Hall–Kier alpha value is -2.77. The molecule has 2 heterocycles. The molecule has 0 radical (unpaired) electrons. The van der Waals surface area contributed by atoms with Gasteiger partial charge in [0.25, 0.3) is 11.1 Å². The van der Waals surface area contributed by atoms with Gasteiger partial charge in [-0.05, 0) is 23.3 Å². The highest BCUT2D eigenvalue weighted by atomic mass is 35.5. The zero-order chi connectivity index (χ0) is 18.8. The van der Waals surface area contributed by atoms with Crippen molar-refractivity contribution in [1.29, 1.82) is 0 Å². The van der Waals surface area contributed by atoms with Crippen LogP contribution in [0.4, 0.5) is 0 Å². The van der Waals surface area contributed by atoms with Crippen LogP contribution in [-0.4, -0.2) is 19.7 Å². The summed E-state index contributed by atoms with van der Waals surface area (Å²) in [6.07, 6.45) is 0. The molecular formula is C19H15ClN4O2S. The van der Waals surface area contributed by atoms with Gasteiger partial charge >= 0.3 is 0 Å². The van der Waals surface area contributed by atoms with E-state index in [2.05, 4.69) is 15.2 Å². The molecule has 0 aliphatic carbocycles. The molecule has 4 aromatic rings. The molecule has 136 valence electrons. The summed E-state index contributed by atoms with van der Waals surface area (Å²) in [6, 6.07) is 17.3. The van der Waals surface area contributed by atoms with Crippen molar-refractivity contribution >= 4 is 34.4 Å². The average Bonchev–Trinajstić information content (AvgIpc) is 3.05. The van der Waals surface area contributed by atoms with E-state index in [1.165, 1.54) is 11.8 Å². The molecule has 0 fully saturated rings. The normalized spacial score (nSPS) is 11.1. The second-order valence-electron chi connectivity index (χ2n) is 5.99. The number of halogens is 1. The van der Waals surface area contributed by atoms with Crippen molar-refractivity contribution in [3.63, 3.8) is 0 Å². The van der Waals surface area contributed by atoms with Crippen molar-refractivity contribution in [2.45, 2.75) is 17.5 Å². The predicted molar refractivity (Wildman–Crippen MR) is 108 cm³/mol. The van der Waals surface area contributed by atoms with Gasteiger partial charge in [0.05, 0.1) is 6.54 Å². The second kappa shape index (κ2) is 7.46. The van der Waals surface area contributed by atoms with Crippen LogP contribution in [0.3, 0.4) is 0 Å². The third-order valence-corrected chi connectivity index (χ3v) is 5.42. The van der Waals surface area contributed by atoms with Crippen LogP contribution >= 0.6 is 23.4 Å². The van der Waals surface area contributed by atoms with E-state index < -0.39 is 5.56 Å². The number of aromatic nitrogens is 4. The minimum Gasteiger partial charge on any atom is -0.310 e. The Kier molecular flexibility index (Phi) is 4.87. The van der Waals surface area contributed by atoms with Crippen LogP contribution < -0.4 is 11.1 Å².